The van der Waals surface area contributed by atoms with Gasteiger partial charge in [0.2, 0.25) is 10.0 Å². The third-order valence-electron chi connectivity index (χ3n) is 3.89. The number of hydrogen-bond donors (Lipinski definition) is 1. The average molecular weight is 357 g/mol. The fraction of sp³-hybridized carbons (Fsp3) is 0.533. The number of nitrogens with one attached hydrogen (secondary N) is 1. The lowest BCUT2D eigenvalue weighted by atomic mass is 10.3. The first-order chi connectivity index (χ1) is 11.5. The summed E-state index contributed by atoms with van der Waals surface area (Å²) < 4.78 is 36.7. The minimum Gasteiger partial charge on any atom is -0.497 e. The smallest absolute Gasteiger partial charge is 0.409 e. The van der Waals surface area contributed by atoms with Crippen molar-refractivity contribution in [2.75, 3.05) is 53.5 Å². The number of carbonyl (C=O) groups is 1. The molecule has 1 aromatic rings. The number of piperazine rings is 1. The van der Waals surface area contributed by atoms with Crippen LogP contribution in [-0.4, -0.2) is 77.8 Å². The largest absolute Gasteiger partial charge is 0.497 e. The van der Waals surface area contributed by atoms with Crippen LogP contribution < -0.4 is 9.46 Å². The highest BCUT2D eigenvalue weighted by Gasteiger charge is 2.21. The van der Waals surface area contributed by atoms with Crippen LogP contribution in [0, 0.1) is 0 Å². The second-order valence-corrected chi connectivity index (χ2v) is 7.14. The molecule has 0 saturated carbocycles. The molecule has 0 atom stereocenters. The number of methoxy groups -OCH3 is 2. The summed E-state index contributed by atoms with van der Waals surface area (Å²) in [4.78, 5) is 15.4. The molecule has 8 nitrogen and oxygen atoms in total. The zero-order valence-corrected chi connectivity index (χ0v) is 14.7. The zero-order valence-electron chi connectivity index (χ0n) is 13.9. The number of rotatable bonds is 6. The lowest BCUT2D eigenvalue weighted by molar-refractivity contribution is 0.0918. The van der Waals surface area contributed by atoms with Gasteiger partial charge in [-0.15, -0.1) is 0 Å². The standard InChI is InChI=1S/C15H23N3O5S/c1-22-13-3-5-14(6-4-13)24(20,21)16-7-8-17-9-11-18(12-10-17)15(19)23-2/h3-6,16H,7-12H2,1-2H3. The van der Waals surface area contributed by atoms with Crippen LogP contribution in [0.2, 0.25) is 0 Å². The lowest BCUT2D eigenvalue weighted by Crippen LogP contribution is -2.50. The fourth-order valence-electron chi connectivity index (χ4n) is 2.46. The Bertz CT molecular complexity index is 640. The van der Waals surface area contributed by atoms with Crippen LogP contribution in [0.4, 0.5) is 4.79 Å². The van der Waals surface area contributed by atoms with E-state index in [9.17, 15) is 13.2 Å². The van der Waals surface area contributed by atoms with E-state index in [-0.39, 0.29) is 11.0 Å². The summed E-state index contributed by atoms with van der Waals surface area (Å²) in [5, 5.41) is 0. The summed E-state index contributed by atoms with van der Waals surface area (Å²) in [5.41, 5.74) is 0. The Kier molecular flexibility index (Phi) is 6.41. The van der Waals surface area contributed by atoms with Crippen molar-refractivity contribution in [1.82, 2.24) is 14.5 Å². The number of nitrogens with zero attached hydrogens (tertiary/aromatic N) is 2. The molecule has 0 unspecified atom stereocenters. The van der Waals surface area contributed by atoms with Crippen molar-refractivity contribution in [3.63, 3.8) is 0 Å². The van der Waals surface area contributed by atoms with Crippen molar-refractivity contribution in [2.24, 2.45) is 0 Å². The highest BCUT2D eigenvalue weighted by molar-refractivity contribution is 7.89. The molecule has 24 heavy (non-hydrogen) atoms. The normalized spacial score (nSPS) is 16.0. The quantitative estimate of drug-likeness (QED) is 0.791. The molecule has 1 amide bonds. The van der Waals surface area contributed by atoms with Gasteiger partial charge in [-0.2, -0.15) is 0 Å². The molecule has 134 valence electrons. The van der Waals surface area contributed by atoms with E-state index in [4.69, 9.17) is 4.74 Å². The minimum absolute atomic E-state index is 0.207. The maximum absolute atomic E-state index is 12.2. The molecular formula is C15H23N3O5S. The Labute approximate surface area is 142 Å². The molecule has 1 aliphatic rings. The van der Waals surface area contributed by atoms with Crippen LogP contribution in [0.1, 0.15) is 0 Å². The van der Waals surface area contributed by atoms with Crippen molar-refractivity contribution in [3.8, 4) is 5.75 Å². The summed E-state index contributed by atoms with van der Waals surface area (Å²) in [6, 6.07) is 6.24. The molecule has 1 fully saturated rings. The first-order valence-electron chi connectivity index (χ1n) is 7.65. The van der Waals surface area contributed by atoms with Crippen molar-refractivity contribution >= 4 is 16.1 Å². The SMILES string of the molecule is COC(=O)N1CCN(CCNS(=O)(=O)c2ccc(OC)cc2)CC1. The maximum Gasteiger partial charge on any atom is 0.409 e. The molecule has 1 saturated heterocycles. The van der Waals surface area contributed by atoms with E-state index >= 15 is 0 Å². The predicted octanol–water partition coefficient (Wildman–Crippen LogP) is 0.358. The first kappa shape index (κ1) is 18.5. The molecule has 9 heteroatoms. The molecule has 1 heterocycles. The minimum atomic E-state index is -3.53. The summed E-state index contributed by atoms with van der Waals surface area (Å²) >= 11 is 0. The highest BCUT2D eigenvalue weighted by atomic mass is 32.2. The Morgan fingerprint density at radius 1 is 1.12 bits per heavy atom. The van der Waals surface area contributed by atoms with Crippen LogP contribution in [0.5, 0.6) is 5.75 Å². The Morgan fingerprint density at radius 2 is 1.75 bits per heavy atom. The van der Waals surface area contributed by atoms with E-state index in [2.05, 4.69) is 14.4 Å². The monoisotopic (exact) mass is 357 g/mol. The predicted molar refractivity (Wildman–Crippen MR) is 88.6 cm³/mol. The molecular weight excluding hydrogens is 334 g/mol. The molecule has 0 aliphatic carbocycles. The van der Waals surface area contributed by atoms with E-state index in [0.29, 0.717) is 45.0 Å². The summed E-state index contributed by atoms with van der Waals surface area (Å²) in [6.45, 7) is 3.45. The van der Waals surface area contributed by atoms with Gasteiger partial charge < -0.3 is 14.4 Å². The van der Waals surface area contributed by atoms with Crippen molar-refractivity contribution in [3.05, 3.63) is 24.3 Å². The van der Waals surface area contributed by atoms with Crippen LogP contribution >= 0.6 is 0 Å². The van der Waals surface area contributed by atoms with E-state index in [1.54, 1.807) is 17.0 Å². The van der Waals surface area contributed by atoms with Gasteiger partial charge in [0.25, 0.3) is 0 Å². The van der Waals surface area contributed by atoms with Crippen LogP contribution in [0.15, 0.2) is 29.2 Å². The van der Waals surface area contributed by atoms with Gasteiger partial charge in [0.15, 0.2) is 0 Å². The average Bonchev–Trinajstić information content (AvgIpc) is 2.61. The van der Waals surface area contributed by atoms with Gasteiger partial charge >= 0.3 is 6.09 Å². The van der Waals surface area contributed by atoms with Gasteiger partial charge in [0, 0.05) is 39.3 Å². The highest BCUT2D eigenvalue weighted by Crippen LogP contribution is 2.15. The first-order valence-corrected chi connectivity index (χ1v) is 9.13. The Balaban J connectivity index is 1.78. The summed E-state index contributed by atoms with van der Waals surface area (Å²) in [6.07, 6.45) is -0.324. The van der Waals surface area contributed by atoms with Gasteiger partial charge in [-0.25, -0.2) is 17.9 Å². The van der Waals surface area contributed by atoms with E-state index in [0.717, 1.165) is 0 Å². The molecule has 0 spiro atoms. The molecule has 1 aromatic carbocycles. The van der Waals surface area contributed by atoms with Gasteiger partial charge in [-0.3, -0.25) is 4.90 Å². The van der Waals surface area contributed by atoms with E-state index in [1.807, 2.05) is 0 Å². The molecule has 0 bridgehead atoms. The number of sulfonamides is 1. The van der Waals surface area contributed by atoms with Gasteiger partial charge in [0.1, 0.15) is 5.75 Å². The molecule has 0 radical (unpaired) electrons. The molecule has 1 N–H and O–H groups in total. The zero-order chi connectivity index (χ0) is 17.6. The van der Waals surface area contributed by atoms with Crippen molar-refractivity contribution < 1.29 is 22.7 Å². The number of benzene rings is 1. The lowest BCUT2D eigenvalue weighted by Gasteiger charge is -2.33. The Hall–Kier alpha value is -1.84. The second-order valence-electron chi connectivity index (χ2n) is 5.37. The Morgan fingerprint density at radius 3 is 2.29 bits per heavy atom. The maximum atomic E-state index is 12.2. The van der Waals surface area contributed by atoms with Crippen molar-refractivity contribution in [2.45, 2.75) is 4.90 Å². The third-order valence-corrected chi connectivity index (χ3v) is 5.37. The molecule has 0 aromatic heterocycles. The van der Waals surface area contributed by atoms with Gasteiger partial charge in [-0.05, 0) is 24.3 Å². The van der Waals surface area contributed by atoms with Crippen LogP contribution in [-0.2, 0) is 14.8 Å². The number of carbonyl (C=O) groups excluding carboxylic acids is 1. The van der Waals surface area contributed by atoms with Crippen LogP contribution in [0.3, 0.4) is 0 Å². The third kappa shape index (κ3) is 4.83. The molecule has 2 rings (SSSR count). The molecule has 1 aliphatic heterocycles. The van der Waals surface area contributed by atoms with E-state index < -0.39 is 10.0 Å². The number of ether oxygens (including phenoxy) is 2. The topological polar surface area (TPSA) is 88.2 Å². The summed E-state index contributed by atoms with van der Waals surface area (Å²) in [7, 11) is -0.638. The van der Waals surface area contributed by atoms with Crippen molar-refractivity contribution in [1.29, 1.82) is 0 Å². The van der Waals surface area contributed by atoms with E-state index in [1.165, 1.54) is 26.4 Å². The van der Waals surface area contributed by atoms with Crippen LogP contribution in [0.25, 0.3) is 0 Å². The second kappa shape index (κ2) is 8.32. The van der Waals surface area contributed by atoms with Gasteiger partial charge in [-0.1, -0.05) is 0 Å². The van der Waals surface area contributed by atoms with Gasteiger partial charge in [0.05, 0.1) is 19.1 Å². The number of amides is 1. The number of hydrogen-bond acceptors (Lipinski definition) is 6. The fourth-order valence-corrected chi connectivity index (χ4v) is 3.48. The summed E-state index contributed by atoms with van der Waals surface area (Å²) in [5.74, 6) is 0.609.